The van der Waals surface area contributed by atoms with E-state index < -0.39 is 0 Å². The van der Waals surface area contributed by atoms with Gasteiger partial charge in [0.25, 0.3) is 0 Å². The van der Waals surface area contributed by atoms with Crippen LogP contribution in [-0.2, 0) is 13.8 Å². The van der Waals surface area contributed by atoms with E-state index >= 15 is 0 Å². The normalized spacial score (nSPS) is 38.2. The van der Waals surface area contributed by atoms with Crippen molar-refractivity contribution < 1.29 is 13.8 Å². The van der Waals surface area contributed by atoms with Gasteiger partial charge in [0.05, 0.1) is 18.8 Å². The van der Waals surface area contributed by atoms with E-state index in [0.29, 0.717) is 18.6 Å². The van der Waals surface area contributed by atoms with Crippen LogP contribution in [0.3, 0.4) is 0 Å². The molecule has 0 aromatic heterocycles. The summed E-state index contributed by atoms with van der Waals surface area (Å²) >= 11 is 0. The summed E-state index contributed by atoms with van der Waals surface area (Å²) in [5.41, 5.74) is 0. The third kappa shape index (κ3) is 2.51. The van der Waals surface area contributed by atoms with Crippen LogP contribution < -0.4 is 0 Å². The topological polar surface area (TPSA) is 35.5 Å². The van der Waals surface area contributed by atoms with Crippen molar-refractivity contribution in [3.05, 3.63) is 0 Å². The molecule has 0 unspecified atom stereocenters. The van der Waals surface area contributed by atoms with Gasteiger partial charge >= 0.3 is 8.69 Å². The molecule has 0 spiro atoms. The van der Waals surface area contributed by atoms with Gasteiger partial charge in [0.2, 0.25) is 0 Å². The van der Waals surface area contributed by atoms with Crippen LogP contribution in [0.5, 0.6) is 0 Å². The van der Waals surface area contributed by atoms with Crippen LogP contribution in [-0.4, -0.2) is 18.8 Å². The molecule has 0 aromatic carbocycles. The molecule has 1 rings (SSSR count). The smallest absolute Gasteiger partial charge is 0.327 e. The standard InChI is InChI=1S/C7H13O3P/c1-5-3-6(2)10-7(5)4-9-11-8/h5-7H,3-4H2,1-2H3/t5-,6+,7-/m1/s1. The zero-order valence-corrected chi connectivity index (χ0v) is 7.71. The Morgan fingerprint density at radius 1 is 1.64 bits per heavy atom. The summed E-state index contributed by atoms with van der Waals surface area (Å²) in [6.07, 6.45) is 1.53. The van der Waals surface area contributed by atoms with E-state index in [1.807, 2.05) is 6.92 Å². The van der Waals surface area contributed by atoms with Crippen LogP contribution in [0, 0.1) is 5.92 Å². The Labute approximate surface area is 68.4 Å². The molecule has 1 heterocycles. The second-order valence-electron chi connectivity index (χ2n) is 3.07. The lowest BCUT2D eigenvalue weighted by atomic mass is 10.0. The highest BCUT2D eigenvalue weighted by molar-refractivity contribution is 7.17. The Bertz CT molecular complexity index is 140. The van der Waals surface area contributed by atoms with Gasteiger partial charge < -0.3 is 4.74 Å². The fourth-order valence-corrected chi connectivity index (χ4v) is 1.68. The molecule has 0 radical (unpaired) electrons. The monoisotopic (exact) mass is 176 g/mol. The van der Waals surface area contributed by atoms with Crippen LogP contribution in [0.4, 0.5) is 0 Å². The molecule has 3 nitrogen and oxygen atoms in total. The summed E-state index contributed by atoms with van der Waals surface area (Å²) in [6.45, 7) is 4.61. The SMILES string of the molecule is C[C@@H]1C[C@H](C)O[C@@H]1COP=O. The first-order valence-electron chi connectivity index (χ1n) is 3.84. The molecule has 0 aromatic rings. The lowest BCUT2D eigenvalue weighted by molar-refractivity contribution is 0.0185. The Kier molecular flexibility index (Phi) is 3.44. The van der Waals surface area contributed by atoms with Crippen LogP contribution in [0.2, 0.25) is 0 Å². The Morgan fingerprint density at radius 3 is 2.82 bits per heavy atom. The molecule has 4 heteroatoms. The molecule has 3 atom stereocenters. The van der Waals surface area contributed by atoms with E-state index in [4.69, 9.17) is 9.26 Å². The van der Waals surface area contributed by atoms with Crippen LogP contribution in [0.15, 0.2) is 0 Å². The van der Waals surface area contributed by atoms with Crippen molar-refractivity contribution in [1.29, 1.82) is 0 Å². The number of ether oxygens (including phenoxy) is 1. The van der Waals surface area contributed by atoms with Crippen molar-refractivity contribution in [2.24, 2.45) is 5.92 Å². The zero-order chi connectivity index (χ0) is 8.27. The summed E-state index contributed by atoms with van der Waals surface area (Å²) < 4.78 is 20.2. The first-order chi connectivity index (χ1) is 5.24. The van der Waals surface area contributed by atoms with Crippen LogP contribution >= 0.6 is 8.69 Å². The maximum atomic E-state index is 9.97. The first-order valence-corrected chi connectivity index (χ1v) is 4.57. The molecular formula is C7H13O3P. The molecule has 0 bridgehead atoms. The molecular weight excluding hydrogens is 163 g/mol. The average Bonchev–Trinajstić information content (AvgIpc) is 2.26. The van der Waals surface area contributed by atoms with Gasteiger partial charge in [-0.3, -0.25) is 4.52 Å². The van der Waals surface area contributed by atoms with Gasteiger partial charge in [0.15, 0.2) is 0 Å². The first kappa shape index (κ1) is 9.11. The maximum Gasteiger partial charge on any atom is 0.327 e. The summed E-state index contributed by atoms with van der Waals surface area (Å²) in [5, 5.41) is 0. The highest BCUT2D eigenvalue weighted by Gasteiger charge is 2.29. The Hall–Kier alpha value is 0.0200. The fourth-order valence-electron chi connectivity index (χ4n) is 1.47. The minimum atomic E-state index is -0.251. The van der Waals surface area contributed by atoms with Crippen molar-refractivity contribution in [3.63, 3.8) is 0 Å². The average molecular weight is 176 g/mol. The van der Waals surface area contributed by atoms with Crippen molar-refractivity contribution in [2.75, 3.05) is 6.61 Å². The van der Waals surface area contributed by atoms with E-state index in [9.17, 15) is 4.57 Å². The molecule has 0 amide bonds. The molecule has 1 aliphatic heterocycles. The third-order valence-electron chi connectivity index (χ3n) is 2.04. The van der Waals surface area contributed by atoms with E-state index in [0.717, 1.165) is 6.42 Å². The van der Waals surface area contributed by atoms with E-state index in [2.05, 4.69) is 6.92 Å². The minimum Gasteiger partial charge on any atom is -0.373 e. The summed E-state index contributed by atoms with van der Waals surface area (Å²) in [5.74, 6) is 0.520. The molecule has 0 saturated carbocycles. The van der Waals surface area contributed by atoms with E-state index in [-0.39, 0.29) is 14.8 Å². The third-order valence-corrected chi connectivity index (χ3v) is 2.29. The summed E-state index contributed by atoms with van der Waals surface area (Å²) in [4.78, 5) is 0. The maximum absolute atomic E-state index is 9.97. The van der Waals surface area contributed by atoms with Gasteiger partial charge in [-0.1, -0.05) is 6.92 Å². The molecule has 1 aliphatic rings. The lowest BCUT2D eigenvalue weighted by Gasteiger charge is -2.11. The van der Waals surface area contributed by atoms with Crippen molar-refractivity contribution in [3.8, 4) is 0 Å². The number of rotatable bonds is 3. The van der Waals surface area contributed by atoms with E-state index in [1.165, 1.54) is 0 Å². The zero-order valence-electron chi connectivity index (χ0n) is 6.82. The van der Waals surface area contributed by atoms with Gasteiger partial charge in [-0.25, -0.2) is 4.57 Å². The molecule has 0 aliphatic carbocycles. The highest BCUT2D eigenvalue weighted by atomic mass is 31.1. The number of hydrogen-bond acceptors (Lipinski definition) is 3. The second kappa shape index (κ2) is 4.15. The quantitative estimate of drug-likeness (QED) is 0.617. The van der Waals surface area contributed by atoms with Crippen LogP contribution in [0.25, 0.3) is 0 Å². The molecule has 0 N–H and O–H groups in total. The van der Waals surface area contributed by atoms with Crippen molar-refractivity contribution in [1.82, 2.24) is 0 Å². The van der Waals surface area contributed by atoms with Crippen molar-refractivity contribution in [2.45, 2.75) is 32.5 Å². The summed E-state index contributed by atoms with van der Waals surface area (Å²) in [7, 11) is -0.251. The molecule has 64 valence electrons. The van der Waals surface area contributed by atoms with E-state index in [1.54, 1.807) is 0 Å². The largest absolute Gasteiger partial charge is 0.373 e. The predicted molar refractivity (Wildman–Crippen MR) is 41.7 cm³/mol. The minimum absolute atomic E-state index is 0.131. The fraction of sp³-hybridized carbons (Fsp3) is 1.00. The Balaban J connectivity index is 2.28. The molecule has 1 fully saturated rings. The Morgan fingerprint density at radius 2 is 2.36 bits per heavy atom. The molecule has 1 saturated heterocycles. The second-order valence-corrected chi connectivity index (χ2v) is 3.48. The lowest BCUT2D eigenvalue weighted by Crippen LogP contribution is -2.18. The predicted octanol–water partition coefficient (Wildman–Crippen LogP) is 2.02. The van der Waals surface area contributed by atoms with Gasteiger partial charge in [0, 0.05) is 0 Å². The van der Waals surface area contributed by atoms with Gasteiger partial charge in [-0.05, 0) is 19.3 Å². The molecule has 11 heavy (non-hydrogen) atoms. The van der Waals surface area contributed by atoms with Gasteiger partial charge in [-0.15, -0.1) is 0 Å². The summed E-state index contributed by atoms with van der Waals surface area (Å²) in [6, 6.07) is 0. The van der Waals surface area contributed by atoms with Crippen LogP contribution in [0.1, 0.15) is 20.3 Å². The van der Waals surface area contributed by atoms with Gasteiger partial charge in [-0.2, -0.15) is 0 Å². The highest BCUT2D eigenvalue weighted by Crippen LogP contribution is 2.26. The van der Waals surface area contributed by atoms with Gasteiger partial charge in [0.1, 0.15) is 0 Å². The van der Waals surface area contributed by atoms with Crippen molar-refractivity contribution >= 4 is 8.69 Å². The number of hydrogen-bond donors (Lipinski definition) is 0.